The molecule has 2 aromatic heterocycles. The van der Waals surface area contributed by atoms with Crippen molar-refractivity contribution < 1.29 is 25.8 Å². The van der Waals surface area contributed by atoms with E-state index in [1.807, 2.05) is 0 Å². The summed E-state index contributed by atoms with van der Waals surface area (Å²) in [6.07, 6.45) is 2.60. The smallest absolute Gasteiger partial charge is 0.351 e. The average molecular weight is 386 g/mol. The topological polar surface area (TPSA) is 73.6 Å². The van der Waals surface area contributed by atoms with Crippen molar-refractivity contribution in [3.63, 3.8) is 0 Å². The van der Waals surface area contributed by atoms with E-state index in [4.69, 9.17) is 23.2 Å². The monoisotopic (exact) mass is 385 g/mol. The molecule has 0 aliphatic rings. The highest BCUT2D eigenvalue weighted by Gasteiger charge is 2.49. The molecule has 122 valence electrons. The number of imidazole rings is 1. The van der Waals surface area contributed by atoms with Crippen LogP contribution in [0.15, 0.2) is 24.5 Å². The molecule has 23 heavy (non-hydrogen) atoms. The van der Waals surface area contributed by atoms with Crippen molar-refractivity contribution in [1.29, 1.82) is 0 Å². The maximum absolute atomic E-state index is 12.5. The van der Waals surface area contributed by atoms with Gasteiger partial charge in [-0.2, -0.15) is 21.6 Å². The van der Waals surface area contributed by atoms with Crippen molar-refractivity contribution in [2.24, 2.45) is 0 Å². The highest BCUT2D eigenvalue weighted by atomic mass is 35.5. The highest BCUT2D eigenvalue weighted by Crippen LogP contribution is 2.33. The Labute approximate surface area is 136 Å². The van der Waals surface area contributed by atoms with Gasteiger partial charge in [-0.1, -0.05) is 23.2 Å². The molecule has 0 saturated carbocycles. The molecule has 3 aromatic rings. The van der Waals surface area contributed by atoms with Crippen LogP contribution in [0.3, 0.4) is 0 Å². The van der Waals surface area contributed by atoms with Gasteiger partial charge in [0.2, 0.25) is 5.65 Å². The lowest BCUT2D eigenvalue weighted by molar-refractivity contribution is -0.0500. The van der Waals surface area contributed by atoms with Crippen LogP contribution in [0.25, 0.3) is 16.7 Å². The average Bonchev–Trinajstić information content (AvgIpc) is 2.85. The lowest BCUT2D eigenvalue weighted by atomic mass is 10.3. The minimum Gasteiger partial charge on any atom is -0.351 e. The van der Waals surface area contributed by atoms with Gasteiger partial charge >= 0.3 is 15.6 Å². The first kappa shape index (κ1) is 16.1. The number of hydrogen-bond acceptors (Lipinski definition) is 5. The van der Waals surface area contributed by atoms with Crippen LogP contribution in [-0.2, 0) is 10.1 Å². The Bertz CT molecular complexity index is 1030. The molecule has 2 heterocycles. The van der Waals surface area contributed by atoms with Crippen LogP contribution in [0.2, 0.25) is 10.0 Å². The SMILES string of the molecule is O=S(=O)(Oc1nc2cc(Cl)cc(Cl)c2n2ccnc12)C(F)(F)F. The summed E-state index contributed by atoms with van der Waals surface area (Å²) in [7, 11) is -5.89. The number of alkyl halides is 3. The number of halogens is 5. The first-order chi connectivity index (χ1) is 10.6. The summed E-state index contributed by atoms with van der Waals surface area (Å²) < 4.78 is 65.1. The first-order valence-electron chi connectivity index (χ1n) is 5.73. The Morgan fingerprint density at radius 2 is 1.91 bits per heavy atom. The van der Waals surface area contributed by atoms with E-state index in [0.717, 1.165) is 0 Å². The third-order valence-electron chi connectivity index (χ3n) is 2.78. The molecule has 0 radical (unpaired) electrons. The fourth-order valence-electron chi connectivity index (χ4n) is 1.88. The lowest BCUT2D eigenvalue weighted by Gasteiger charge is -2.11. The predicted molar refractivity (Wildman–Crippen MR) is 76.1 cm³/mol. The summed E-state index contributed by atoms with van der Waals surface area (Å²) in [6.45, 7) is 0. The number of hydrogen-bond donors (Lipinski definition) is 0. The number of fused-ring (bicyclic) bond motifs is 3. The lowest BCUT2D eigenvalue weighted by Crippen LogP contribution is -2.28. The zero-order valence-electron chi connectivity index (χ0n) is 10.7. The Morgan fingerprint density at radius 1 is 1.22 bits per heavy atom. The fraction of sp³-hybridized carbons (Fsp3) is 0.0909. The van der Waals surface area contributed by atoms with E-state index in [1.165, 1.54) is 28.9 Å². The molecule has 12 heteroatoms. The molecule has 0 fully saturated rings. The predicted octanol–water partition coefficient (Wildman–Crippen LogP) is 3.42. The normalized spacial score (nSPS) is 12.9. The van der Waals surface area contributed by atoms with Crippen molar-refractivity contribution in [3.8, 4) is 5.88 Å². The van der Waals surface area contributed by atoms with E-state index in [0.29, 0.717) is 5.52 Å². The van der Waals surface area contributed by atoms with Gasteiger partial charge in [0.05, 0.1) is 16.1 Å². The number of nitrogens with zero attached hydrogens (tertiary/aromatic N) is 3. The molecule has 0 N–H and O–H groups in total. The second-order valence-corrected chi connectivity index (χ2v) is 6.66. The summed E-state index contributed by atoms with van der Waals surface area (Å²) in [5.41, 5.74) is -5.51. The molecule has 0 saturated heterocycles. The maximum atomic E-state index is 12.5. The van der Waals surface area contributed by atoms with Gasteiger partial charge in [0.1, 0.15) is 0 Å². The Morgan fingerprint density at radius 3 is 2.57 bits per heavy atom. The van der Waals surface area contributed by atoms with E-state index in [2.05, 4.69) is 14.2 Å². The third-order valence-corrected chi connectivity index (χ3v) is 4.23. The minimum absolute atomic E-state index is 0.0420. The quantitative estimate of drug-likeness (QED) is 0.499. The van der Waals surface area contributed by atoms with Gasteiger partial charge in [-0.15, -0.1) is 0 Å². The van der Waals surface area contributed by atoms with Crippen molar-refractivity contribution in [2.75, 3.05) is 0 Å². The largest absolute Gasteiger partial charge is 0.534 e. The zero-order valence-corrected chi connectivity index (χ0v) is 13.0. The van der Waals surface area contributed by atoms with E-state index < -0.39 is 21.5 Å². The van der Waals surface area contributed by atoms with Crippen LogP contribution in [0.5, 0.6) is 5.88 Å². The second-order valence-electron chi connectivity index (χ2n) is 4.28. The number of benzene rings is 1. The third kappa shape index (κ3) is 2.66. The standard InChI is InChI=1S/C11H4Cl2F3N3O3S/c12-5-3-6(13)8-7(4-5)18-10(9-17-1-2-19(8)9)22-23(20,21)11(14,15)16/h1-4H. The van der Waals surface area contributed by atoms with Gasteiger partial charge < -0.3 is 4.18 Å². The molecule has 6 nitrogen and oxygen atoms in total. The molecular formula is C11H4Cl2F3N3O3S. The maximum Gasteiger partial charge on any atom is 0.534 e. The van der Waals surface area contributed by atoms with Crippen LogP contribution in [0.4, 0.5) is 13.2 Å². The van der Waals surface area contributed by atoms with Crippen LogP contribution in [-0.4, -0.2) is 28.3 Å². The second kappa shape index (κ2) is 5.11. The summed E-state index contributed by atoms with van der Waals surface area (Å²) in [6, 6.07) is 2.70. The Hall–Kier alpha value is -1.78. The fourth-order valence-corrected chi connectivity index (χ4v) is 2.87. The molecule has 1 aromatic carbocycles. The molecule has 0 bridgehead atoms. The van der Waals surface area contributed by atoms with Crippen LogP contribution >= 0.6 is 23.2 Å². The number of rotatable bonds is 2. The molecule has 0 atom stereocenters. The Balaban J connectivity index is 2.31. The van der Waals surface area contributed by atoms with Crippen LogP contribution < -0.4 is 4.18 Å². The molecule has 3 rings (SSSR count). The van der Waals surface area contributed by atoms with Crippen molar-refractivity contribution in [3.05, 3.63) is 34.6 Å². The Kier molecular flexibility index (Phi) is 3.58. The molecule has 0 spiro atoms. The van der Waals surface area contributed by atoms with E-state index in [-0.39, 0.29) is 21.2 Å². The molecule has 0 amide bonds. The molecule has 0 aliphatic heterocycles. The van der Waals surface area contributed by atoms with Crippen molar-refractivity contribution in [2.45, 2.75) is 5.51 Å². The van der Waals surface area contributed by atoms with E-state index >= 15 is 0 Å². The van der Waals surface area contributed by atoms with Gasteiger partial charge in [-0.05, 0) is 12.1 Å². The summed E-state index contributed by atoms with van der Waals surface area (Å²) in [5.74, 6) is -0.835. The van der Waals surface area contributed by atoms with Gasteiger partial charge in [0.25, 0.3) is 5.88 Å². The first-order valence-corrected chi connectivity index (χ1v) is 7.89. The summed E-state index contributed by atoms with van der Waals surface area (Å²) in [4.78, 5) is 7.49. The minimum atomic E-state index is -5.89. The molecule has 0 unspecified atom stereocenters. The summed E-state index contributed by atoms with van der Waals surface area (Å²) >= 11 is 11.9. The highest BCUT2D eigenvalue weighted by molar-refractivity contribution is 7.88. The van der Waals surface area contributed by atoms with E-state index in [1.54, 1.807) is 0 Å². The van der Waals surface area contributed by atoms with Crippen LogP contribution in [0, 0.1) is 0 Å². The van der Waals surface area contributed by atoms with Gasteiger partial charge in [-0.3, -0.25) is 4.40 Å². The van der Waals surface area contributed by atoms with Gasteiger partial charge in [0.15, 0.2) is 0 Å². The number of aromatic nitrogens is 3. The van der Waals surface area contributed by atoms with Crippen molar-refractivity contribution >= 4 is 50.0 Å². The molecule has 0 aliphatic carbocycles. The van der Waals surface area contributed by atoms with Gasteiger partial charge in [-0.25, -0.2) is 9.97 Å². The van der Waals surface area contributed by atoms with Crippen molar-refractivity contribution in [1.82, 2.24) is 14.4 Å². The van der Waals surface area contributed by atoms with Gasteiger partial charge in [0, 0.05) is 17.4 Å². The zero-order chi connectivity index (χ0) is 17.0. The van der Waals surface area contributed by atoms with E-state index in [9.17, 15) is 21.6 Å². The summed E-state index contributed by atoms with van der Waals surface area (Å²) in [5, 5.41) is 0.326. The van der Waals surface area contributed by atoms with Crippen LogP contribution in [0.1, 0.15) is 0 Å². The molecular weight excluding hydrogens is 382 g/mol.